The van der Waals surface area contributed by atoms with Gasteiger partial charge in [0.2, 0.25) is 5.91 Å². The molecular formula is C20H15Cl2N3O3S. The zero-order valence-electron chi connectivity index (χ0n) is 15.2. The number of aromatic nitrogens is 1. The minimum atomic E-state index is -0.398. The molecule has 0 atom stereocenters. The number of ether oxygens (including phenoxy) is 1. The number of rotatable bonds is 4. The average molecular weight is 448 g/mol. The van der Waals surface area contributed by atoms with Crippen LogP contribution in [-0.4, -0.2) is 29.9 Å². The third-order valence-corrected chi connectivity index (χ3v) is 5.94. The van der Waals surface area contributed by atoms with E-state index in [1.807, 2.05) is 18.4 Å². The van der Waals surface area contributed by atoms with Gasteiger partial charge in [-0.15, -0.1) is 11.3 Å². The van der Waals surface area contributed by atoms with E-state index in [4.69, 9.17) is 27.9 Å². The third kappa shape index (κ3) is 4.07. The zero-order chi connectivity index (χ0) is 20.5. The summed E-state index contributed by atoms with van der Waals surface area (Å²) in [5, 5.41) is 6.17. The van der Waals surface area contributed by atoms with Gasteiger partial charge in [-0.05, 0) is 37.3 Å². The highest BCUT2D eigenvalue weighted by atomic mass is 35.5. The first kappa shape index (κ1) is 19.7. The number of fused-ring (bicyclic) bond motifs is 1. The fourth-order valence-corrected chi connectivity index (χ4v) is 3.93. The van der Waals surface area contributed by atoms with Crippen LogP contribution in [0.15, 0.2) is 41.8 Å². The predicted molar refractivity (Wildman–Crippen MR) is 115 cm³/mol. The lowest BCUT2D eigenvalue weighted by atomic mass is 10.1. The molecule has 0 aliphatic carbocycles. The molecular weight excluding hydrogens is 433 g/mol. The van der Waals surface area contributed by atoms with E-state index in [0.717, 1.165) is 16.3 Å². The summed E-state index contributed by atoms with van der Waals surface area (Å²) in [7, 11) is 0. The Labute approximate surface area is 181 Å². The normalized spacial score (nSPS) is 13.1. The number of aryl methyl sites for hydroxylation is 1. The number of halogens is 2. The number of thiazole rings is 1. The Hall–Kier alpha value is -2.61. The molecule has 2 amide bonds. The van der Waals surface area contributed by atoms with Crippen LogP contribution in [0.3, 0.4) is 0 Å². The number of nitrogens with one attached hydrogen (secondary N) is 1. The fraction of sp³-hybridized carbons (Fsp3) is 0.150. The second-order valence-corrected chi connectivity index (χ2v) is 8.20. The highest BCUT2D eigenvalue weighted by Gasteiger charge is 2.28. The Morgan fingerprint density at radius 2 is 2.14 bits per heavy atom. The molecule has 0 unspecified atom stereocenters. The van der Waals surface area contributed by atoms with Gasteiger partial charge < -0.3 is 10.1 Å². The fourth-order valence-electron chi connectivity index (χ4n) is 2.96. The summed E-state index contributed by atoms with van der Waals surface area (Å²) in [5.41, 5.74) is 2.56. The SMILES string of the molecule is Cc1nc(-c2ccc3c(c2)N(CC(=O)Nc2cccc(Cl)c2Cl)C(=O)CO3)cs1. The van der Waals surface area contributed by atoms with E-state index >= 15 is 0 Å². The van der Waals surface area contributed by atoms with Crippen molar-refractivity contribution in [1.29, 1.82) is 0 Å². The van der Waals surface area contributed by atoms with Crippen molar-refractivity contribution in [3.8, 4) is 17.0 Å². The van der Waals surface area contributed by atoms with Crippen LogP contribution in [0.1, 0.15) is 5.01 Å². The van der Waals surface area contributed by atoms with Crippen LogP contribution >= 0.6 is 34.5 Å². The van der Waals surface area contributed by atoms with Crippen molar-refractivity contribution >= 4 is 57.7 Å². The topological polar surface area (TPSA) is 71.5 Å². The summed E-state index contributed by atoms with van der Waals surface area (Å²) in [4.78, 5) is 31.0. The molecule has 148 valence electrons. The van der Waals surface area contributed by atoms with E-state index in [2.05, 4.69) is 10.3 Å². The average Bonchev–Trinajstić information content (AvgIpc) is 3.14. The molecule has 6 nitrogen and oxygen atoms in total. The summed E-state index contributed by atoms with van der Waals surface area (Å²) in [6.45, 7) is 1.61. The lowest BCUT2D eigenvalue weighted by Gasteiger charge is -2.29. The van der Waals surface area contributed by atoms with Gasteiger partial charge in [-0.1, -0.05) is 29.3 Å². The summed E-state index contributed by atoms with van der Waals surface area (Å²) >= 11 is 13.7. The summed E-state index contributed by atoms with van der Waals surface area (Å²) in [6.07, 6.45) is 0. The number of carbonyl (C=O) groups is 2. The van der Waals surface area contributed by atoms with Crippen molar-refractivity contribution in [2.24, 2.45) is 0 Å². The van der Waals surface area contributed by atoms with Crippen LogP contribution in [0.2, 0.25) is 10.0 Å². The molecule has 0 saturated carbocycles. The molecule has 1 aromatic heterocycles. The molecule has 0 saturated heterocycles. The molecule has 1 aliphatic heterocycles. The van der Waals surface area contributed by atoms with E-state index < -0.39 is 5.91 Å². The first-order valence-corrected chi connectivity index (χ1v) is 10.3. The maximum absolute atomic E-state index is 12.6. The molecule has 29 heavy (non-hydrogen) atoms. The number of amides is 2. The monoisotopic (exact) mass is 447 g/mol. The van der Waals surface area contributed by atoms with Gasteiger partial charge in [-0.3, -0.25) is 14.5 Å². The van der Waals surface area contributed by atoms with Gasteiger partial charge in [-0.2, -0.15) is 0 Å². The van der Waals surface area contributed by atoms with Gasteiger partial charge in [-0.25, -0.2) is 4.98 Å². The van der Waals surface area contributed by atoms with Crippen LogP contribution < -0.4 is 15.0 Å². The molecule has 9 heteroatoms. The second kappa shape index (κ2) is 8.02. The standard InChI is InChI=1S/C20H15Cl2N3O3S/c1-11-23-15(10-29-11)12-5-6-17-16(7-12)25(19(27)9-28-17)8-18(26)24-14-4-2-3-13(21)20(14)22/h2-7,10H,8-9H2,1H3,(H,24,26). The molecule has 3 aromatic rings. The second-order valence-electron chi connectivity index (χ2n) is 6.35. The molecule has 2 heterocycles. The van der Waals surface area contributed by atoms with Crippen molar-refractivity contribution in [1.82, 2.24) is 4.98 Å². The number of carbonyl (C=O) groups excluding carboxylic acids is 2. The molecule has 0 fully saturated rings. The van der Waals surface area contributed by atoms with E-state index in [-0.39, 0.29) is 24.1 Å². The Morgan fingerprint density at radius 3 is 2.90 bits per heavy atom. The number of hydrogen-bond donors (Lipinski definition) is 1. The van der Waals surface area contributed by atoms with Crippen LogP contribution in [0, 0.1) is 6.92 Å². The third-order valence-electron chi connectivity index (χ3n) is 4.34. The molecule has 2 aromatic carbocycles. The van der Waals surface area contributed by atoms with Gasteiger partial charge in [0, 0.05) is 10.9 Å². The summed E-state index contributed by atoms with van der Waals surface area (Å²) in [6, 6.07) is 10.4. The molecule has 1 aliphatic rings. The number of nitrogens with zero attached hydrogens (tertiary/aromatic N) is 2. The van der Waals surface area contributed by atoms with E-state index in [1.165, 1.54) is 4.90 Å². The van der Waals surface area contributed by atoms with Crippen molar-refractivity contribution in [3.63, 3.8) is 0 Å². The molecule has 0 bridgehead atoms. The van der Waals surface area contributed by atoms with Gasteiger partial charge in [0.15, 0.2) is 6.61 Å². The van der Waals surface area contributed by atoms with Gasteiger partial charge in [0.25, 0.3) is 5.91 Å². The first-order chi connectivity index (χ1) is 13.9. The van der Waals surface area contributed by atoms with Crippen molar-refractivity contribution in [2.45, 2.75) is 6.92 Å². The predicted octanol–water partition coefficient (Wildman–Crippen LogP) is 4.79. The molecule has 0 spiro atoms. The minimum absolute atomic E-state index is 0.132. The molecule has 1 N–H and O–H groups in total. The lowest BCUT2D eigenvalue weighted by Crippen LogP contribution is -2.43. The maximum atomic E-state index is 12.6. The Bertz CT molecular complexity index is 1120. The number of benzene rings is 2. The number of hydrogen-bond acceptors (Lipinski definition) is 5. The van der Waals surface area contributed by atoms with Crippen molar-refractivity contribution < 1.29 is 14.3 Å². The van der Waals surface area contributed by atoms with E-state index in [1.54, 1.807) is 41.7 Å². The first-order valence-electron chi connectivity index (χ1n) is 8.66. The van der Waals surface area contributed by atoms with Crippen LogP contribution in [0.25, 0.3) is 11.3 Å². The quantitative estimate of drug-likeness (QED) is 0.623. The molecule has 0 radical (unpaired) electrons. The Balaban J connectivity index is 1.60. The highest BCUT2D eigenvalue weighted by molar-refractivity contribution is 7.09. The number of anilines is 2. The lowest BCUT2D eigenvalue weighted by molar-refractivity contribution is -0.123. The smallest absolute Gasteiger partial charge is 0.265 e. The van der Waals surface area contributed by atoms with E-state index in [0.29, 0.717) is 22.1 Å². The van der Waals surface area contributed by atoms with Crippen molar-refractivity contribution in [2.75, 3.05) is 23.4 Å². The largest absolute Gasteiger partial charge is 0.482 e. The van der Waals surface area contributed by atoms with Crippen LogP contribution in [-0.2, 0) is 9.59 Å². The van der Waals surface area contributed by atoms with E-state index in [9.17, 15) is 9.59 Å². The van der Waals surface area contributed by atoms with Crippen LogP contribution in [0.5, 0.6) is 5.75 Å². The minimum Gasteiger partial charge on any atom is -0.482 e. The van der Waals surface area contributed by atoms with Crippen molar-refractivity contribution in [3.05, 3.63) is 56.8 Å². The van der Waals surface area contributed by atoms with Gasteiger partial charge in [0.1, 0.15) is 12.3 Å². The summed E-state index contributed by atoms with van der Waals surface area (Å²) < 4.78 is 5.52. The zero-order valence-corrected chi connectivity index (χ0v) is 17.6. The Morgan fingerprint density at radius 1 is 1.31 bits per heavy atom. The molecule has 4 rings (SSSR count). The van der Waals surface area contributed by atoms with Gasteiger partial charge in [0.05, 0.1) is 32.1 Å². The Kier molecular flexibility index (Phi) is 5.45. The van der Waals surface area contributed by atoms with Crippen LogP contribution in [0.4, 0.5) is 11.4 Å². The highest BCUT2D eigenvalue weighted by Crippen LogP contribution is 2.36. The summed E-state index contributed by atoms with van der Waals surface area (Å²) in [5.74, 6) is -0.171. The van der Waals surface area contributed by atoms with Gasteiger partial charge >= 0.3 is 0 Å². The maximum Gasteiger partial charge on any atom is 0.265 e.